The number of H-pyrrole nitrogens is 1. The molecule has 0 fully saturated rings. The van der Waals surface area contributed by atoms with Gasteiger partial charge in [0, 0.05) is 17.6 Å². The molecule has 5 heteroatoms. The molecule has 0 bridgehead atoms. The van der Waals surface area contributed by atoms with Crippen LogP contribution in [0.1, 0.15) is 45.7 Å². The first-order valence-corrected chi connectivity index (χ1v) is 7.89. The molecule has 4 N–H and O–H groups in total. The topological polar surface area (TPSA) is 70.9 Å². The van der Waals surface area contributed by atoms with E-state index in [9.17, 15) is 4.79 Å². The van der Waals surface area contributed by atoms with Gasteiger partial charge in [-0.3, -0.25) is 4.79 Å². The fourth-order valence-electron chi connectivity index (χ4n) is 2.31. The Morgan fingerprint density at radius 3 is 2.68 bits per heavy atom. The second-order valence-corrected chi connectivity index (χ2v) is 6.97. The summed E-state index contributed by atoms with van der Waals surface area (Å²) < 4.78 is 0. The monoisotopic (exact) mass is 285 g/mol. The molecule has 1 heterocycles. The van der Waals surface area contributed by atoms with Gasteiger partial charge in [0.1, 0.15) is 0 Å². The molecule has 19 heavy (non-hydrogen) atoms. The molecule has 0 saturated heterocycles. The number of nitrogens with one attached hydrogen (secondary N) is 2. The van der Waals surface area contributed by atoms with E-state index in [1.807, 2.05) is 5.38 Å². The van der Waals surface area contributed by atoms with E-state index >= 15 is 0 Å². The summed E-state index contributed by atoms with van der Waals surface area (Å²) >= 11 is 1.22. The van der Waals surface area contributed by atoms with Crippen LogP contribution in [0.2, 0.25) is 0 Å². The Labute approximate surface area is 119 Å². The number of hydrogen-bond donors (Lipinski definition) is 3. The van der Waals surface area contributed by atoms with Gasteiger partial charge in [0.2, 0.25) is 0 Å². The SMILES string of the molecule is CC(C)(C)C(CCN)CCCNCc1csc(=O)[nH]1. The highest BCUT2D eigenvalue weighted by Gasteiger charge is 2.22. The lowest BCUT2D eigenvalue weighted by Crippen LogP contribution is -2.25. The van der Waals surface area contributed by atoms with Crippen LogP contribution in [-0.2, 0) is 6.54 Å². The molecule has 1 rings (SSSR count). The zero-order chi connectivity index (χ0) is 14.3. The molecule has 1 aromatic rings. The van der Waals surface area contributed by atoms with Crippen LogP contribution in [-0.4, -0.2) is 18.1 Å². The Morgan fingerprint density at radius 1 is 1.42 bits per heavy atom. The first-order valence-electron chi connectivity index (χ1n) is 7.01. The van der Waals surface area contributed by atoms with Gasteiger partial charge in [0.15, 0.2) is 0 Å². The van der Waals surface area contributed by atoms with E-state index < -0.39 is 0 Å². The van der Waals surface area contributed by atoms with Crippen LogP contribution in [0, 0.1) is 11.3 Å². The fraction of sp³-hybridized carbons (Fsp3) is 0.786. The van der Waals surface area contributed by atoms with E-state index in [0.717, 1.165) is 38.2 Å². The highest BCUT2D eigenvalue weighted by molar-refractivity contribution is 7.07. The molecule has 1 unspecified atom stereocenters. The van der Waals surface area contributed by atoms with Crippen molar-refractivity contribution >= 4 is 11.3 Å². The molecular weight excluding hydrogens is 258 g/mol. The Bertz CT molecular complexity index is 405. The summed E-state index contributed by atoms with van der Waals surface area (Å²) in [5.41, 5.74) is 6.99. The van der Waals surface area contributed by atoms with E-state index in [1.165, 1.54) is 17.8 Å². The molecule has 0 spiro atoms. The maximum Gasteiger partial charge on any atom is 0.304 e. The van der Waals surface area contributed by atoms with E-state index in [0.29, 0.717) is 11.3 Å². The summed E-state index contributed by atoms with van der Waals surface area (Å²) in [6.07, 6.45) is 3.45. The summed E-state index contributed by atoms with van der Waals surface area (Å²) in [4.78, 5) is 13.8. The zero-order valence-corrected chi connectivity index (χ0v) is 13.1. The highest BCUT2D eigenvalue weighted by atomic mass is 32.1. The fourth-order valence-corrected chi connectivity index (χ4v) is 2.89. The predicted octanol–water partition coefficient (Wildman–Crippen LogP) is 2.32. The molecule has 0 amide bonds. The van der Waals surface area contributed by atoms with Crippen molar-refractivity contribution in [3.8, 4) is 0 Å². The van der Waals surface area contributed by atoms with Crippen molar-refractivity contribution in [2.24, 2.45) is 17.1 Å². The third-order valence-electron chi connectivity index (χ3n) is 3.53. The molecule has 1 atom stereocenters. The lowest BCUT2D eigenvalue weighted by atomic mass is 9.76. The molecule has 0 aliphatic rings. The molecule has 0 aliphatic carbocycles. The normalized spacial score (nSPS) is 13.7. The van der Waals surface area contributed by atoms with Crippen molar-refractivity contribution in [3.63, 3.8) is 0 Å². The third kappa shape index (κ3) is 6.36. The number of thiazole rings is 1. The summed E-state index contributed by atoms with van der Waals surface area (Å²) in [5, 5.41) is 5.25. The predicted molar refractivity (Wildman–Crippen MR) is 82.5 cm³/mol. The number of nitrogens with two attached hydrogens (primary N) is 1. The average Bonchev–Trinajstić information content (AvgIpc) is 2.72. The summed E-state index contributed by atoms with van der Waals surface area (Å²) in [6.45, 7) is 9.36. The van der Waals surface area contributed by atoms with Crippen LogP contribution in [0.4, 0.5) is 0 Å². The lowest BCUT2D eigenvalue weighted by Gasteiger charge is -2.30. The number of aromatic nitrogens is 1. The third-order valence-corrected chi connectivity index (χ3v) is 4.25. The van der Waals surface area contributed by atoms with Crippen LogP contribution >= 0.6 is 11.3 Å². The molecular formula is C14H27N3OS. The van der Waals surface area contributed by atoms with Crippen molar-refractivity contribution < 1.29 is 0 Å². The standard InChI is InChI=1S/C14H27N3OS/c1-14(2,3)11(6-7-15)5-4-8-16-9-12-10-19-13(18)17-12/h10-11,16H,4-9,15H2,1-3H3,(H,17,18). The molecule has 1 aromatic heterocycles. The summed E-state index contributed by atoms with van der Waals surface area (Å²) in [6, 6.07) is 0. The van der Waals surface area contributed by atoms with Crippen LogP contribution in [0.5, 0.6) is 0 Å². The molecule has 110 valence electrons. The van der Waals surface area contributed by atoms with Crippen molar-refractivity contribution in [2.45, 2.75) is 46.6 Å². The number of rotatable bonds is 8. The van der Waals surface area contributed by atoms with E-state index in [-0.39, 0.29) is 4.87 Å². The van der Waals surface area contributed by atoms with Gasteiger partial charge >= 0.3 is 4.87 Å². The quantitative estimate of drug-likeness (QED) is 0.642. The second kappa shape index (κ2) is 7.82. The van der Waals surface area contributed by atoms with Gasteiger partial charge < -0.3 is 16.0 Å². The maximum absolute atomic E-state index is 11.0. The largest absolute Gasteiger partial charge is 0.330 e. The van der Waals surface area contributed by atoms with Gasteiger partial charge in [-0.25, -0.2) is 0 Å². The van der Waals surface area contributed by atoms with Crippen LogP contribution < -0.4 is 15.9 Å². The van der Waals surface area contributed by atoms with Crippen molar-refractivity contribution in [2.75, 3.05) is 13.1 Å². The Kier molecular flexibility index (Phi) is 6.75. The van der Waals surface area contributed by atoms with E-state index in [2.05, 4.69) is 31.1 Å². The highest BCUT2D eigenvalue weighted by Crippen LogP contribution is 2.31. The van der Waals surface area contributed by atoms with Gasteiger partial charge in [-0.1, -0.05) is 32.1 Å². The molecule has 0 aromatic carbocycles. The van der Waals surface area contributed by atoms with Crippen LogP contribution in [0.3, 0.4) is 0 Å². The average molecular weight is 285 g/mol. The molecule has 0 aliphatic heterocycles. The Hall–Kier alpha value is -0.650. The minimum absolute atomic E-state index is 0.0209. The van der Waals surface area contributed by atoms with Crippen molar-refractivity contribution in [1.82, 2.24) is 10.3 Å². The molecule has 0 radical (unpaired) electrons. The Morgan fingerprint density at radius 2 is 2.16 bits per heavy atom. The first kappa shape index (κ1) is 16.4. The van der Waals surface area contributed by atoms with Gasteiger partial charge in [-0.05, 0) is 43.7 Å². The number of aromatic amines is 1. The second-order valence-electron chi connectivity index (χ2n) is 6.13. The lowest BCUT2D eigenvalue weighted by molar-refractivity contribution is 0.210. The van der Waals surface area contributed by atoms with Crippen LogP contribution in [0.15, 0.2) is 10.2 Å². The van der Waals surface area contributed by atoms with E-state index in [1.54, 1.807) is 0 Å². The molecule has 0 saturated carbocycles. The smallest absolute Gasteiger partial charge is 0.304 e. The van der Waals surface area contributed by atoms with E-state index in [4.69, 9.17) is 5.73 Å². The molecule has 4 nitrogen and oxygen atoms in total. The number of hydrogen-bond acceptors (Lipinski definition) is 4. The Balaban J connectivity index is 2.20. The zero-order valence-electron chi connectivity index (χ0n) is 12.3. The van der Waals surface area contributed by atoms with Crippen LogP contribution in [0.25, 0.3) is 0 Å². The van der Waals surface area contributed by atoms with Gasteiger partial charge in [-0.15, -0.1) is 0 Å². The van der Waals surface area contributed by atoms with Gasteiger partial charge in [-0.2, -0.15) is 0 Å². The first-order chi connectivity index (χ1) is 8.93. The summed E-state index contributed by atoms with van der Waals surface area (Å²) in [5.74, 6) is 0.681. The minimum Gasteiger partial charge on any atom is -0.330 e. The van der Waals surface area contributed by atoms with Gasteiger partial charge in [0.25, 0.3) is 0 Å². The van der Waals surface area contributed by atoms with Crippen molar-refractivity contribution in [3.05, 3.63) is 20.7 Å². The summed E-state index contributed by atoms with van der Waals surface area (Å²) in [7, 11) is 0. The van der Waals surface area contributed by atoms with Gasteiger partial charge in [0.05, 0.1) is 0 Å². The van der Waals surface area contributed by atoms with Crippen molar-refractivity contribution in [1.29, 1.82) is 0 Å². The minimum atomic E-state index is 0.0209. The maximum atomic E-state index is 11.0.